The minimum absolute atomic E-state index is 0.0466. The zero-order valence-electron chi connectivity index (χ0n) is 20.5. The van der Waals surface area contributed by atoms with E-state index < -0.39 is 27.4 Å². The summed E-state index contributed by atoms with van der Waals surface area (Å²) in [5, 5.41) is 16.0. The van der Waals surface area contributed by atoms with E-state index in [9.17, 15) is 23.3 Å². The minimum Gasteiger partial charge on any atom is -0.398 e. The number of nitrogen functional groups attached to an aromatic ring is 1. The summed E-state index contributed by atoms with van der Waals surface area (Å²) >= 11 is 0. The van der Waals surface area contributed by atoms with E-state index in [0.717, 1.165) is 16.7 Å². The van der Waals surface area contributed by atoms with E-state index in [-0.39, 0.29) is 37.5 Å². The highest BCUT2D eigenvalue weighted by molar-refractivity contribution is 7.89. The Morgan fingerprint density at radius 2 is 1.92 bits per heavy atom. The van der Waals surface area contributed by atoms with Crippen molar-refractivity contribution < 1.29 is 18.0 Å². The van der Waals surface area contributed by atoms with Gasteiger partial charge in [-0.05, 0) is 67.5 Å². The summed E-state index contributed by atoms with van der Waals surface area (Å²) in [6.45, 7) is 3.67. The van der Waals surface area contributed by atoms with Crippen molar-refractivity contribution >= 4 is 44.1 Å². The number of benzene rings is 1. The number of hydrogen-bond acceptors (Lipinski definition) is 8. The van der Waals surface area contributed by atoms with Crippen LogP contribution in [0.2, 0.25) is 0 Å². The number of nitrogens with two attached hydrogens (primary N) is 1. The van der Waals surface area contributed by atoms with E-state index in [2.05, 4.69) is 20.6 Å². The Morgan fingerprint density at radius 3 is 2.57 bits per heavy atom. The van der Waals surface area contributed by atoms with E-state index in [4.69, 9.17) is 5.73 Å². The number of pyridine rings is 2. The molecule has 11 nitrogen and oxygen atoms in total. The van der Waals surface area contributed by atoms with E-state index in [1.54, 1.807) is 25.4 Å². The van der Waals surface area contributed by atoms with Crippen LogP contribution in [-0.2, 0) is 19.6 Å². The monoisotopic (exact) mass is 521 g/mol. The molecule has 1 aliphatic rings. The molecule has 2 amide bonds. The maximum atomic E-state index is 12.6. The van der Waals surface area contributed by atoms with E-state index in [0.29, 0.717) is 16.5 Å². The van der Waals surface area contributed by atoms with Crippen LogP contribution in [-0.4, -0.2) is 58.9 Å². The molecule has 0 saturated carbocycles. The van der Waals surface area contributed by atoms with Gasteiger partial charge >= 0.3 is 11.8 Å². The van der Waals surface area contributed by atoms with E-state index in [1.165, 1.54) is 10.5 Å². The van der Waals surface area contributed by atoms with Gasteiger partial charge in [0.2, 0.25) is 10.0 Å². The van der Waals surface area contributed by atoms with Crippen molar-refractivity contribution in [2.75, 3.05) is 29.9 Å². The third kappa shape index (κ3) is 5.37. The van der Waals surface area contributed by atoms with E-state index in [1.807, 2.05) is 31.2 Å². The van der Waals surface area contributed by atoms with Crippen molar-refractivity contribution in [3.05, 3.63) is 48.4 Å². The number of amides is 2. The lowest BCUT2D eigenvalue weighted by Crippen LogP contribution is -2.57. The Hall–Kier alpha value is -4.08. The molecular formula is C25H27N7O4S. The molecule has 1 aromatic carbocycles. The average molecular weight is 522 g/mol. The predicted molar refractivity (Wildman–Crippen MR) is 140 cm³/mol. The molecule has 4 rings (SSSR count). The minimum atomic E-state index is -3.40. The topological polar surface area (TPSA) is 171 Å². The Bertz CT molecular complexity index is 1520. The number of nitrogens with zero attached hydrogens (tertiary/aromatic N) is 4. The smallest absolute Gasteiger partial charge is 0.314 e. The summed E-state index contributed by atoms with van der Waals surface area (Å²) in [6.07, 6.45) is 5.12. The number of piperidine rings is 1. The molecule has 1 aliphatic heterocycles. The van der Waals surface area contributed by atoms with Gasteiger partial charge in [-0.15, -0.1) is 0 Å². The summed E-state index contributed by atoms with van der Waals surface area (Å²) in [4.78, 5) is 33.7. The van der Waals surface area contributed by atoms with E-state index >= 15 is 0 Å². The van der Waals surface area contributed by atoms with Gasteiger partial charge in [-0.2, -0.15) is 5.26 Å². The Morgan fingerprint density at radius 1 is 1.19 bits per heavy atom. The average Bonchev–Trinajstić information content (AvgIpc) is 2.89. The number of nitrogens with one attached hydrogen (secondary N) is 2. The fraction of sp³-hybridized carbons (Fsp3) is 0.320. The standard InChI is InChI=1S/C25H27N7O4S/c1-3-37(35,36)32-8-5-25(15-26,6-9-32)31-24(34)23(33)30-22-12-18-10-17(11-21(27)20(18)14-29-22)19-13-28-7-4-16(19)2/h4,7,10-14H,3,5-6,8-9,27H2,1-2H3,(H,31,34)(H,29,30,33). The molecule has 192 valence electrons. The molecular weight excluding hydrogens is 494 g/mol. The highest BCUT2D eigenvalue weighted by Crippen LogP contribution is 2.31. The third-order valence-electron chi connectivity index (χ3n) is 6.57. The summed E-state index contributed by atoms with van der Waals surface area (Å²) in [6, 6.07) is 9.28. The first kappa shape index (κ1) is 26.0. The lowest BCUT2D eigenvalue weighted by molar-refractivity contribution is -0.137. The Kier molecular flexibility index (Phi) is 7.11. The molecule has 4 N–H and O–H groups in total. The van der Waals surface area contributed by atoms with Crippen molar-refractivity contribution in [2.24, 2.45) is 0 Å². The van der Waals surface area contributed by atoms with Gasteiger partial charge in [0, 0.05) is 48.3 Å². The van der Waals surface area contributed by atoms with Gasteiger partial charge < -0.3 is 16.4 Å². The maximum Gasteiger partial charge on any atom is 0.314 e. The van der Waals surface area contributed by atoms with Gasteiger partial charge in [-0.25, -0.2) is 17.7 Å². The normalized spacial score (nSPS) is 15.6. The third-order valence-corrected chi connectivity index (χ3v) is 8.45. The fourth-order valence-electron chi connectivity index (χ4n) is 4.32. The van der Waals surface area contributed by atoms with Gasteiger partial charge in [0.25, 0.3) is 0 Å². The van der Waals surface area contributed by atoms with Crippen LogP contribution in [0.3, 0.4) is 0 Å². The molecule has 0 bridgehead atoms. The van der Waals surface area contributed by atoms with Gasteiger partial charge in [-0.3, -0.25) is 14.6 Å². The van der Waals surface area contributed by atoms with Crippen molar-refractivity contribution in [1.29, 1.82) is 5.26 Å². The highest BCUT2D eigenvalue weighted by atomic mass is 32.2. The summed E-state index contributed by atoms with van der Waals surface area (Å²) in [5.41, 5.74) is 8.20. The first-order chi connectivity index (χ1) is 17.6. The maximum absolute atomic E-state index is 12.6. The lowest BCUT2D eigenvalue weighted by Gasteiger charge is -2.36. The second-order valence-electron chi connectivity index (χ2n) is 8.95. The zero-order valence-corrected chi connectivity index (χ0v) is 21.3. The molecule has 3 heterocycles. The molecule has 1 fully saturated rings. The Labute approximate surface area is 214 Å². The molecule has 0 spiro atoms. The first-order valence-corrected chi connectivity index (χ1v) is 13.3. The van der Waals surface area contributed by atoms with Crippen LogP contribution in [0.15, 0.2) is 42.9 Å². The number of sulfonamides is 1. The van der Waals surface area contributed by atoms with Gasteiger partial charge in [0.15, 0.2) is 0 Å². The van der Waals surface area contributed by atoms with Crippen molar-refractivity contribution in [1.82, 2.24) is 19.6 Å². The van der Waals surface area contributed by atoms with Gasteiger partial charge in [-0.1, -0.05) is 0 Å². The van der Waals surface area contributed by atoms with Crippen LogP contribution in [0.25, 0.3) is 21.9 Å². The molecule has 0 unspecified atom stereocenters. The van der Waals surface area contributed by atoms with Crippen LogP contribution >= 0.6 is 0 Å². The van der Waals surface area contributed by atoms with Crippen molar-refractivity contribution in [3.63, 3.8) is 0 Å². The summed E-state index contributed by atoms with van der Waals surface area (Å²) in [5.74, 6) is -1.90. The number of hydrogen-bond donors (Lipinski definition) is 3. The SMILES string of the molecule is CCS(=O)(=O)N1CCC(C#N)(NC(=O)C(=O)Nc2cc3cc(-c4cnccc4C)cc(N)c3cn2)CC1. The molecule has 0 atom stereocenters. The number of anilines is 2. The molecule has 2 aromatic heterocycles. The van der Waals surface area contributed by atoms with Gasteiger partial charge in [0.05, 0.1) is 11.8 Å². The number of aromatic nitrogens is 2. The first-order valence-electron chi connectivity index (χ1n) is 11.7. The fourth-order valence-corrected chi connectivity index (χ4v) is 5.42. The molecule has 3 aromatic rings. The highest BCUT2D eigenvalue weighted by Gasteiger charge is 2.40. The number of fused-ring (bicyclic) bond motifs is 1. The van der Waals surface area contributed by atoms with Crippen LogP contribution < -0.4 is 16.4 Å². The van der Waals surface area contributed by atoms with Crippen LogP contribution in [0.5, 0.6) is 0 Å². The molecule has 1 saturated heterocycles. The van der Waals surface area contributed by atoms with Crippen molar-refractivity contribution in [3.8, 4) is 17.2 Å². The Balaban J connectivity index is 1.49. The summed E-state index contributed by atoms with van der Waals surface area (Å²) < 4.78 is 25.5. The summed E-state index contributed by atoms with van der Waals surface area (Å²) in [7, 11) is -3.40. The zero-order chi connectivity index (χ0) is 26.8. The number of nitriles is 1. The van der Waals surface area contributed by atoms with Crippen LogP contribution in [0.1, 0.15) is 25.3 Å². The molecule has 37 heavy (non-hydrogen) atoms. The molecule has 0 aliphatic carbocycles. The van der Waals surface area contributed by atoms with Crippen molar-refractivity contribution in [2.45, 2.75) is 32.2 Å². The number of carbonyl (C=O) groups excluding carboxylic acids is 2. The second-order valence-corrected chi connectivity index (χ2v) is 11.2. The van der Waals surface area contributed by atoms with Gasteiger partial charge in [0.1, 0.15) is 11.4 Å². The largest absolute Gasteiger partial charge is 0.398 e. The molecule has 0 radical (unpaired) electrons. The number of rotatable bonds is 5. The van der Waals surface area contributed by atoms with Crippen LogP contribution in [0.4, 0.5) is 11.5 Å². The number of aryl methyl sites for hydroxylation is 1. The van der Waals surface area contributed by atoms with Crippen LogP contribution in [0, 0.1) is 18.3 Å². The quantitative estimate of drug-likeness (QED) is 0.338. The predicted octanol–water partition coefficient (Wildman–Crippen LogP) is 1.95. The lowest BCUT2D eigenvalue weighted by atomic mass is 9.90. The molecule has 12 heteroatoms. The number of carbonyl (C=O) groups is 2. The second kappa shape index (κ2) is 10.1.